The third-order valence-corrected chi connectivity index (χ3v) is 4.04. The van der Waals surface area contributed by atoms with E-state index in [1.54, 1.807) is 11.9 Å². The number of aliphatic hydroxyl groups excluding tert-OH is 1. The molecule has 24 heavy (non-hydrogen) atoms. The van der Waals surface area contributed by atoms with E-state index in [0.29, 0.717) is 18.0 Å². The third-order valence-electron chi connectivity index (χ3n) is 3.80. The van der Waals surface area contributed by atoms with Crippen molar-refractivity contribution in [1.82, 2.24) is 4.90 Å². The minimum atomic E-state index is -0.0352. The first-order chi connectivity index (χ1) is 11.5. The molecule has 0 aliphatic carbocycles. The number of nitrogens with one attached hydrogen (secondary N) is 1. The van der Waals surface area contributed by atoms with Crippen LogP contribution in [0.5, 0.6) is 0 Å². The van der Waals surface area contributed by atoms with E-state index in [2.05, 4.69) is 5.32 Å². The van der Waals surface area contributed by atoms with Crippen LogP contribution in [0, 0.1) is 0 Å². The van der Waals surface area contributed by atoms with Crippen molar-refractivity contribution < 1.29 is 9.90 Å². The number of amides is 1. The van der Waals surface area contributed by atoms with Crippen LogP contribution in [0.4, 0.5) is 5.69 Å². The standard InChI is InChI=1S/C19H23ClN2O2/c1-14(21-18-9-4-3-7-16(18)13-23)10-19(24)22(2)12-15-6-5-8-17(20)11-15/h3-9,11,14,21,23H,10,12-13H2,1-2H3. The first-order valence-corrected chi connectivity index (χ1v) is 8.31. The summed E-state index contributed by atoms with van der Waals surface area (Å²) < 4.78 is 0. The molecule has 0 saturated heterocycles. The fourth-order valence-electron chi connectivity index (χ4n) is 2.53. The Kier molecular flexibility index (Phi) is 6.64. The molecule has 1 atom stereocenters. The molecule has 0 aliphatic rings. The Labute approximate surface area is 148 Å². The smallest absolute Gasteiger partial charge is 0.224 e. The Morgan fingerprint density at radius 1 is 1.25 bits per heavy atom. The minimum Gasteiger partial charge on any atom is -0.392 e. The quantitative estimate of drug-likeness (QED) is 0.804. The molecule has 1 unspecified atom stereocenters. The topological polar surface area (TPSA) is 52.6 Å². The van der Waals surface area contributed by atoms with Crippen LogP contribution in [-0.2, 0) is 17.9 Å². The number of para-hydroxylation sites is 1. The molecular formula is C19H23ClN2O2. The molecule has 1 amide bonds. The van der Waals surface area contributed by atoms with Crippen molar-refractivity contribution in [3.8, 4) is 0 Å². The van der Waals surface area contributed by atoms with Crippen LogP contribution in [-0.4, -0.2) is 29.0 Å². The average molecular weight is 347 g/mol. The van der Waals surface area contributed by atoms with Gasteiger partial charge in [0, 0.05) is 42.3 Å². The Morgan fingerprint density at radius 2 is 2.00 bits per heavy atom. The van der Waals surface area contributed by atoms with Crippen molar-refractivity contribution in [2.24, 2.45) is 0 Å². The molecule has 0 aromatic heterocycles. The van der Waals surface area contributed by atoms with Crippen molar-refractivity contribution in [2.75, 3.05) is 12.4 Å². The van der Waals surface area contributed by atoms with Crippen molar-refractivity contribution >= 4 is 23.2 Å². The van der Waals surface area contributed by atoms with Gasteiger partial charge in [0.15, 0.2) is 0 Å². The van der Waals surface area contributed by atoms with E-state index in [-0.39, 0.29) is 18.6 Å². The fourth-order valence-corrected chi connectivity index (χ4v) is 2.74. The van der Waals surface area contributed by atoms with Gasteiger partial charge < -0.3 is 15.3 Å². The molecule has 0 bridgehead atoms. The zero-order valence-corrected chi connectivity index (χ0v) is 14.8. The van der Waals surface area contributed by atoms with Gasteiger partial charge in [0.1, 0.15) is 0 Å². The van der Waals surface area contributed by atoms with Crippen molar-refractivity contribution in [3.63, 3.8) is 0 Å². The molecule has 0 saturated carbocycles. The molecule has 128 valence electrons. The van der Waals surface area contributed by atoms with Crippen molar-refractivity contribution in [3.05, 3.63) is 64.7 Å². The van der Waals surface area contributed by atoms with E-state index in [9.17, 15) is 9.90 Å². The number of anilines is 1. The van der Waals surface area contributed by atoms with Gasteiger partial charge in [0.05, 0.1) is 6.61 Å². The second kappa shape index (κ2) is 8.71. The lowest BCUT2D eigenvalue weighted by Gasteiger charge is -2.22. The largest absolute Gasteiger partial charge is 0.392 e. The van der Waals surface area contributed by atoms with E-state index < -0.39 is 0 Å². The molecular weight excluding hydrogens is 324 g/mol. The Hall–Kier alpha value is -2.04. The van der Waals surface area contributed by atoms with Gasteiger partial charge in [-0.2, -0.15) is 0 Å². The summed E-state index contributed by atoms with van der Waals surface area (Å²) in [6.45, 7) is 2.46. The number of carbonyl (C=O) groups excluding carboxylic acids is 1. The number of rotatable bonds is 7. The molecule has 0 radical (unpaired) electrons. The number of halogens is 1. The van der Waals surface area contributed by atoms with Crippen molar-refractivity contribution in [1.29, 1.82) is 0 Å². The van der Waals surface area contributed by atoms with Gasteiger partial charge in [-0.15, -0.1) is 0 Å². The van der Waals surface area contributed by atoms with Gasteiger partial charge >= 0.3 is 0 Å². The van der Waals surface area contributed by atoms with Gasteiger partial charge in [-0.1, -0.05) is 41.9 Å². The SMILES string of the molecule is CC(CC(=O)N(C)Cc1cccc(Cl)c1)Nc1ccccc1CO. The number of hydrogen-bond acceptors (Lipinski definition) is 3. The van der Waals surface area contributed by atoms with E-state index in [0.717, 1.165) is 16.8 Å². The third kappa shape index (κ3) is 5.25. The Bertz CT molecular complexity index is 691. The normalized spacial score (nSPS) is 11.8. The molecule has 0 fully saturated rings. The summed E-state index contributed by atoms with van der Waals surface area (Å²) >= 11 is 5.98. The highest BCUT2D eigenvalue weighted by atomic mass is 35.5. The summed E-state index contributed by atoms with van der Waals surface area (Å²) in [6, 6.07) is 15.0. The molecule has 2 rings (SSSR count). The van der Waals surface area contributed by atoms with Gasteiger partial charge in [0.2, 0.25) is 5.91 Å². The monoisotopic (exact) mass is 346 g/mol. The summed E-state index contributed by atoms with van der Waals surface area (Å²) in [5.74, 6) is 0.0523. The highest BCUT2D eigenvalue weighted by Crippen LogP contribution is 2.17. The van der Waals surface area contributed by atoms with Gasteiger partial charge in [-0.3, -0.25) is 4.79 Å². The number of aliphatic hydroxyl groups is 1. The van der Waals surface area contributed by atoms with Crippen LogP contribution < -0.4 is 5.32 Å². The predicted octanol–water partition coefficient (Wildman–Crippen LogP) is 3.68. The number of benzene rings is 2. The Morgan fingerprint density at radius 3 is 2.71 bits per heavy atom. The zero-order valence-electron chi connectivity index (χ0n) is 14.0. The van der Waals surface area contributed by atoms with Crippen LogP contribution in [0.25, 0.3) is 0 Å². The van der Waals surface area contributed by atoms with Gasteiger partial charge in [-0.05, 0) is 30.7 Å². The predicted molar refractivity (Wildman–Crippen MR) is 98.0 cm³/mol. The highest BCUT2D eigenvalue weighted by molar-refractivity contribution is 6.30. The first-order valence-electron chi connectivity index (χ1n) is 7.93. The van der Waals surface area contributed by atoms with Gasteiger partial charge in [-0.25, -0.2) is 0 Å². The number of nitrogens with zero attached hydrogens (tertiary/aromatic N) is 1. The summed E-state index contributed by atoms with van der Waals surface area (Å²) in [5.41, 5.74) is 2.69. The highest BCUT2D eigenvalue weighted by Gasteiger charge is 2.14. The number of hydrogen-bond donors (Lipinski definition) is 2. The maximum Gasteiger partial charge on any atom is 0.224 e. The first kappa shape index (κ1) is 18.3. The van der Waals surface area contributed by atoms with E-state index in [1.165, 1.54) is 0 Å². The van der Waals surface area contributed by atoms with Crippen LogP contribution in [0.3, 0.4) is 0 Å². The van der Waals surface area contributed by atoms with E-state index >= 15 is 0 Å². The minimum absolute atomic E-state index is 0.0293. The Balaban J connectivity index is 1.91. The van der Waals surface area contributed by atoms with Crippen LogP contribution in [0.15, 0.2) is 48.5 Å². The lowest BCUT2D eigenvalue weighted by atomic mass is 10.1. The summed E-state index contributed by atoms with van der Waals surface area (Å²) in [4.78, 5) is 14.1. The molecule has 2 aromatic carbocycles. The molecule has 0 spiro atoms. The van der Waals surface area contributed by atoms with E-state index in [4.69, 9.17) is 11.6 Å². The second-order valence-corrected chi connectivity index (χ2v) is 6.38. The molecule has 2 N–H and O–H groups in total. The van der Waals surface area contributed by atoms with Crippen LogP contribution >= 0.6 is 11.6 Å². The molecule has 2 aromatic rings. The van der Waals surface area contributed by atoms with Crippen molar-refractivity contribution in [2.45, 2.75) is 32.5 Å². The molecule has 0 heterocycles. The van der Waals surface area contributed by atoms with Crippen LogP contribution in [0.1, 0.15) is 24.5 Å². The van der Waals surface area contributed by atoms with Gasteiger partial charge in [0.25, 0.3) is 0 Å². The molecule has 4 nitrogen and oxygen atoms in total. The average Bonchev–Trinajstić information content (AvgIpc) is 2.55. The lowest BCUT2D eigenvalue weighted by Crippen LogP contribution is -2.31. The van der Waals surface area contributed by atoms with Crippen LogP contribution in [0.2, 0.25) is 5.02 Å². The summed E-state index contributed by atoms with van der Waals surface area (Å²) in [5, 5.41) is 13.3. The summed E-state index contributed by atoms with van der Waals surface area (Å²) in [6.07, 6.45) is 0.372. The maximum absolute atomic E-state index is 12.4. The maximum atomic E-state index is 12.4. The fraction of sp³-hybridized carbons (Fsp3) is 0.316. The number of carbonyl (C=O) groups is 1. The van der Waals surface area contributed by atoms with E-state index in [1.807, 2.05) is 55.5 Å². The molecule has 0 aliphatic heterocycles. The summed E-state index contributed by atoms with van der Waals surface area (Å²) in [7, 11) is 1.79. The zero-order chi connectivity index (χ0) is 17.5. The second-order valence-electron chi connectivity index (χ2n) is 5.94. The molecule has 5 heteroatoms. The lowest BCUT2D eigenvalue weighted by molar-refractivity contribution is -0.130.